The molecule has 10 nitrogen and oxygen atoms in total. The minimum atomic E-state index is -1.93. The second-order valence-corrected chi connectivity index (χ2v) is 19.8. The molecule has 0 aromatic rings. The van der Waals surface area contributed by atoms with Crippen LogP contribution >= 0.6 is 0 Å². The van der Waals surface area contributed by atoms with Gasteiger partial charge in [-0.3, -0.25) is 0 Å². The van der Waals surface area contributed by atoms with E-state index in [4.69, 9.17) is 42.3 Å². The van der Waals surface area contributed by atoms with Crippen molar-refractivity contribution >= 4 is 8.32 Å². The van der Waals surface area contributed by atoms with E-state index in [9.17, 15) is 5.11 Å². The fourth-order valence-corrected chi connectivity index (χ4v) is 7.82. The molecule has 4 aliphatic rings. The zero-order chi connectivity index (χ0) is 31.5. The predicted molar refractivity (Wildman–Crippen MR) is 165 cm³/mol. The third kappa shape index (κ3) is 8.60. The molecular formula is C32H60O10Si. The van der Waals surface area contributed by atoms with Crippen LogP contribution in [0.2, 0.25) is 18.1 Å². The summed E-state index contributed by atoms with van der Waals surface area (Å²) in [5.41, 5.74) is -1.02. The van der Waals surface area contributed by atoms with Crippen LogP contribution < -0.4 is 0 Å². The monoisotopic (exact) mass is 632 g/mol. The van der Waals surface area contributed by atoms with Gasteiger partial charge in [0.25, 0.3) is 0 Å². The lowest BCUT2D eigenvalue weighted by Gasteiger charge is -2.52. The SMILES string of the molecule is COCOCCC[C@H]1O[C@H]2CC[C@@]3(C)O[C@H]4[C@@H](O)C[C@@H](CO[Si](C)(C)C(C)(C)C)O[C@@H]4C[C@@H]3O[C@@H]2CC[C@]1(C)OCOC. The van der Waals surface area contributed by atoms with Crippen LogP contribution in [-0.2, 0) is 42.3 Å². The maximum absolute atomic E-state index is 11.2. The summed E-state index contributed by atoms with van der Waals surface area (Å²) in [4.78, 5) is 0. The molecule has 0 amide bonds. The Labute approximate surface area is 260 Å². The van der Waals surface area contributed by atoms with Crippen LogP contribution in [0.1, 0.15) is 86.0 Å². The lowest BCUT2D eigenvalue weighted by atomic mass is 9.82. The molecular weight excluding hydrogens is 572 g/mol. The van der Waals surface area contributed by atoms with Crippen molar-refractivity contribution < 1.29 is 47.4 Å². The Morgan fingerprint density at radius 2 is 1.60 bits per heavy atom. The minimum Gasteiger partial charge on any atom is -0.414 e. The highest BCUT2D eigenvalue weighted by Crippen LogP contribution is 2.46. The molecule has 0 radical (unpaired) electrons. The molecule has 0 bridgehead atoms. The summed E-state index contributed by atoms with van der Waals surface area (Å²) in [7, 11) is 1.35. The van der Waals surface area contributed by atoms with Crippen LogP contribution in [0.5, 0.6) is 0 Å². The number of hydrogen-bond donors (Lipinski definition) is 1. The van der Waals surface area contributed by atoms with Gasteiger partial charge in [0.1, 0.15) is 19.7 Å². The van der Waals surface area contributed by atoms with Gasteiger partial charge in [0.15, 0.2) is 8.32 Å². The molecule has 0 saturated carbocycles. The highest BCUT2D eigenvalue weighted by Gasteiger charge is 2.55. The van der Waals surface area contributed by atoms with Gasteiger partial charge >= 0.3 is 0 Å². The maximum atomic E-state index is 11.2. The van der Waals surface area contributed by atoms with Gasteiger partial charge in [-0.15, -0.1) is 0 Å². The Morgan fingerprint density at radius 3 is 2.30 bits per heavy atom. The normalized spacial score (nSPS) is 40.6. The van der Waals surface area contributed by atoms with Crippen molar-refractivity contribution in [2.75, 3.05) is 41.0 Å². The third-order valence-electron chi connectivity index (χ3n) is 10.7. The first kappa shape index (κ1) is 35.7. The Bertz CT molecular complexity index is 870. The molecule has 11 heteroatoms. The zero-order valence-corrected chi connectivity index (χ0v) is 29.2. The average Bonchev–Trinajstić information content (AvgIpc) is 3.15. The molecule has 0 aliphatic carbocycles. The van der Waals surface area contributed by atoms with Gasteiger partial charge in [-0.1, -0.05) is 20.8 Å². The van der Waals surface area contributed by atoms with Gasteiger partial charge in [-0.2, -0.15) is 0 Å². The first-order chi connectivity index (χ1) is 20.2. The smallest absolute Gasteiger partial charge is 0.192 e. The summed E-state index contributed by atoms with van der Waals surface area (Å²) in [6.45, 7) is 17.1. The maximum Gasteiger partial charge on any atom is 0.192 e. The molecule has 0 unspecified atom stereocenters. The molecule has 43 heavy (non-hydrogen) atoms. The first-order valence-corrected chi connectivity index (χ1v) is 19.3. The molecule has 4 saturated heterocycles. The van der Waals surface area contributed by atoms with Crippen molar-refractivity contribution in [2.24, 2.45) is 0 Å². The predicted octanol–water partition coefficient (Wildman–Crippen LogP) is 4.95. The van der Waals surface area contributed by atoms with Crippen LogP contribution in [0.25, 0.3) is 0 Å². The number of ether oxygens (including phenoxy) is 8. The largest absolute Gasteiger partial charge is 0.414 e. The summed E-state index contributed by atoms with van der Waals surface area (Å²) in [6, 6.07) is 0. The summed E-state index contributed by atoms with van der Waals surface area (Å²) >= 11 is 0. The molecule has 252 valence electrons. The highest BCUT2D eigenvalue weighted by molar-refractivity contribution is 6.74. The third-order valence-corrected chi connectivity index (χ3v) is 15.2. The van der Waals surface area contributed by atoms with Gasteiger partial charge in [0.05, 0.1) is 60.5 Å². The fraction of sp³-hybridized carbons (Fsp3) is 1.00. The lowest BCUT2D eigenvalue weighted by molar-refractivity contribution is -0.293. The molecule has 4 aliphatic heterocycles. The van der Waals surface area contributed by atoms with Crippen LogP contribution in [-0.4, -0.2) is 114 Å². The van der Waals surface area contributed by atoms with E-state index in [2.05, 4.69) is 47.7 Å². The number of methoxy groups -OCH3 is 2. The topological polar surface area (TPSA) is 103 Å². The number of hydrogen-bond acceptors (Lipinski definition) is 10. The molecule has 0 aromatic heterocycles. The van der Waals surface area contributed by atoms with E-state index < -0.39 is 25.6 Å². The number of aliphatic hydroxyl groups excluding tert-OH is 1. The van der Waals surface area contributed by atoms with Crippen molar-refractivity contribution in [3.05, 3.63) is 0 Å². The molecule has 1 N–H and O–H groups in total. The standard InChI is InChI=1S/C32H60O10Si/c1-30(2,3)43(8,9)38-19-22-17-23(33)29-26(39-22)18-28-32(5,42-29)15-13-24-25(41-28)12-14-31(4,37-21-35-7)27(40-24)11-10-16-36-20-34-6/h22-29,33H,10-21H2,1-9H3/t22-,23-,24-,25+,26+,27+,28-,29-,31-,32+/m0/s1. The minimum absolute atomic E-state index is 0.0810. The van der Waals surface area contributed by atoms with Gasteiger partial charge in [-0.25, -0.2) is 0 Å². The fourth-order valence-electron chi connectivity index (χ4n) is 6.78. The van der Waals surface area contributed by atoms with E-state index in [1.807, 2.05) is 0 Å². The van der Waals surface area contributed by atoms with Gasteiger partial charge < -0.3 is 47.4 Å². The van der Waals surface area contributed by atoms with E-state index in [-0.39, 0.29) is 61.4 Å². The first-order valence-electron chi connectivity index (χ1n) is 16.4. The lowest BCUT2D eigenvalue weighted by Crippen LogP contribution is -2.62. The summed E-state index contributed by atoms with van der Waals surface area (Å²) in [5, 5.41) is 11.3. The molecule has 4 heterocycles. The van der Waals surface area contributed by atoms with Crippen molar-refractivity contribution in [1.82, 2.24) is 0 Å². The van der Waals surface area contributed by atoms with Crippen LogP contribution in [0, 0.1) is 0 Å². The summed E-state index contributed by atoms with van der Waals surface area (Å²) < 4.78 is 55.7. The van der Waals surface area contributed by atoms with E-state index in [1.54, 1.807) is 14.2 Å². The average molecular weight is 633 g/mol. The van der Waals surface area contributed by atoms with Gasteiger partial charge in [0.2, 0.25) is 0 Å². The van der Waals surface area contributed by atoms with Crippen molar-refractivity contribution in [1.29, 1.82) is 0 Å². The molecule has 0 spiro atoms. The molecule has 4 rings (SSSR count). The van der Waals surface area contributed by atoms with E-state index in [0.717, 1.165) is 38.5 Å². The van der Waals surface area contributed by atoms with Crippen molar-refractivity contribution in [3.63, 3.8) is 0 Å². The van der Waals surface area contributed by atoms with E-state index >= 15 is 0 Å². The van der Waals surface area contributed by atoms with Crippen LogP contribution in [0.15, 0.2) is 0 Å². The van der Waals surface area contributed by atoms with Crippen LogP contribution in [0.3, 0.4) is 0 Å². The molecule has 4 fully saturated rings. The van der Waals surface area contributed by atoms with Crippen LogP contribution in [0.4, 0.5) is 0 Å². The second-order valence-electron chi connectivity index (χ2n) is 15.0. The number of rotatable bonds is 12. The van der Waals surface area contributed by atoms with Gasteiger partial charge in [0, 0.05) is 33.7 Å². The Hall–Kier alpha value is -0.183. The van der Waals surface area contributed by atoms with Crippen molar-refractivity contribution in [2.45, 2.75) is 164 Å². The molecule has 0 aromatic carbocycles. The molecule has 10 atom stereocenters. The number of fused-ring (bicyclic) bond motifs is 3. The summed E-state index contributed by atoms with van der Waals surface area (Å²) in [5.74, 6) is 0. The Kier molecular flexibility index (Phi) is 12.2. The number of aliphatic hydroxyl groups is 1. The Morgan fingerprint density at radius 1 is 0.907 bits per heavy atom. The van der Waals surface area contributed by atoms with Gasteiger partial charge in [-0.05, 0) is 70.5 Å². The highest BCUT2D eigenvalue weighted by atomic mass is 28.4. The second kappa shape index (κ2) is 14.7. The van der Waals surface area contributed by atoms with Crippen molar-refractivity contribution in [3.8, 4) is 0 Å². The van der Waals surface area contributed by atoms with E-state index in [1.165, 1.54) is 0 Å². The zero-order valence-electron chi connectivity index (χ0n) is 28.2. The van der Waals surface area contributed by atoms with E-state index in [0.29, 0.717) is 26.1 Å². The quantitative estimate of drug-likeness (QED) is 0.181. The Balaban J connectivity index is 1.43. The summed E-state index contributed by atoms with van der Waals surface area (Å²) in [6.07, 6.45) is 4.19.